The lowest BCUT2D eigenvalue weighted by Crippen LogP contribution is -2.04. The summed E-state index contributed by atoms with van der Waals surface area (Å²) in [4.78, 5) is 8.39. The fourth-order valence-corrected chi connectivity index (χ4v) is 2.79. The van der Waals surface area contributed by atoms with Gasteiger partial charge in [-0.05, 0) is 25.5 Å². The fourth-order valence-electron chi connectivity index (χ4n) is 2.57. The normalized spacial score (nSPS) is 10.7. The molecule has 146 valence electrons. The molecule has 0 aliphatic heterocycles. The highest BCUT2D eigenvalue weighted by Crippen LogP contribution is 2.30. The van der Waals surface area contributed by atoms with E-state index in [1.165, 1.54) is 19.0 Å². The van der Waals surface area contributed by atoms with Gasteiger partial charge in [0.2, 0.25) is 0 Å². The van der Waals surface area contributed by atoms with Gasteiger partial charge in [-0.3, -0.25) is 0 Å². The highest BCUT2D eigenvalue weighted by molar-refractivity contribution is 6.33. The molecule has 0 radical (unpaired) electrons. The second-order valence-corrected chi connectivity index (χ2v) is 6.47. The van der Waals surface area contributed by atoms with E-state index < -0.39 is 0 Å². The van der Waals surface area contributed by atoms with Crippen LogP contribution in [0.3, 0.4) is 0 Å². The zero-order valence-corrected chi connectivity index (χ0v) is 16.7. The Kier molecular flexibility index (Phi) is 7.97. The van der Waals surface area contributed by atoms with Crippen molar-refractivity contribution in [3.63, 3.8) is 0 Å². The van der Waals surface area contributed by atoms with Crippen molar-refractivity contribution in [2.24, 2.45) is 0 Å². The van der Waals surface area contributed by atoms with Crippen LogP contribution in [0.4, 0.5) is 5.82 Å². The van der Waals surface area contributed by atoms with Crippen molar-refractivity contribution in [3.05, 3.63) is 35.2 Å². The molecule has 0 aromatic carbocycles. The molecule has 0 aliphatic rings. The lowest BCUT2D eigenvalue weighted by atomic mass is 10.1. The number of unbranched alkanes of at least 4 members (excludes halogenated alkanes) is 1. The van der Waals surface area contributed by atoms with Gasteiger partial charge in [0.05, 0.1) is 23.9 Å². The molecule has 8 heteroatoms. The average molecular weight is 392 g/mol. The van der Waals surface area contributed by atoms with E-state index in [4.69, 9.17) is 27.2 Å². The van der Waals surface area contributed by atoms with Gasteiger partial charge in [0.1, 0.15) is 5.82 Å². The lowest BCUT2D eigenvalue weighted by molar-refractivity contribution is 0.194. The van der Waals surface area contributed by atoms with Crippen molar-refractivity contribution in [1.82, 2.24) is 19.7 Å². The predicted molar refractivity (Wildman–Crippen MR) is 109 cm³/mol. The van der Waals surface area contributed by atoms with Crippen LogP contribution in [-0.2, 0) is 11.3 Å². The van der Waals surface area contributed by atoms with E-state index in [-0.39, 0.29) is 6.61 Å². The molecule has 3 heterocycles. The van der Waals surface area contributed by atoms with Crippen LogP contribution < -0.4 is 5.73 Å². The van der Waals surface area contributed by atoms with Gasteiger partial charge in [0.15, 0.2) is 5.65 Å². The summed E-state index contributed by atoms with van der Waals surface area (Å²) in [7, 11) is 1.73. The molecular formula is C19H26ClN5O2. The molecule has 7 nitrogen and oxygen atoms in total. The van der Waals surface area contributed by atoms with Crippen molar-refractivity contribution in [3.8, 4) is 11.1 Å². The van der Waals surface area contributed by atoms with Crippen LogP contribution in [0.25, 0.3) is 22.2 Å². The third-order valence-corrected chi connectivity index (χ3v) is 4.27. The number of hydrogen-bond donors (Lipinski definition) is 2. The smallest absolute Gasteiger partial charge is 0.158 e. The Morgan fingerprint density at radius 1 is 1.26 bits per heavy atom. The number of aryl methyl sites for hydroxylation is 1. The van der Waals surface area contributed by atoms with Crippen LogP contribution in [-0.4, -0.2) is 45.2 Å². The maximum atomic E-state index is 9.06. The van der Waals surface area contributed by atoms with Crippen LogP contribution in [0.1, 0.15) is 25.5 Å². The van der Waals surface area contributed by atoms with Crippen LogP contribution in [0.2, 0.25) is 5.02 Å². The number of hydrogen-bond acceptors (Lipinski definition) is 6. The number of nitrogens with zero attached hydrogens (tertiary/aromatic N) is 4. The minimum atomic E-state index is 0.0202. The number of anilines is 1. The molecule has 27 heavy (non-hydrogen) atoms. The minimum Gasteiger partial charge on any atom is -0.394 e. The largest absolute Gasteiger partial charge is 0.394 e. The molecule has 3 aromatic heterocycles. The summed E-state index contributed by atoms with van der Waals surface area (Å²) in [6, 6.07) is 3.69. The zero-order valence-electron chi connectivity index (χ0n) is 15.9. The first kappa shape index (κ1) is 21.1. The number of rotatable bonds is 6. The monoisotopic (exact) mass is 391 g/mol. The first-order valence-corrected chi connectivity index (χ1v) is 9.23. The van der Waals surface area contributed by atoms with Gasteiger partial charge >= 0.3 is 0 Å². The van der Waals surface area contributed by atoms with E-state index in [0.717, 1.165) is 34.5 Å². The van der Waals surface area contributed by atoms with E-state index in [1.54, 1.807) is 24.1 Å². The number of fused-ring (bicyclic) bond motifs is 1. The topological polar surface area (TPSA) is 99.1 Å². The summed E-state index contributed by atoms with van der Waals surface area (Å²) < 4.78 is 6.47. The number of methoxy groups -OCH3 is 1. The Hall–Kier alpha value is -2.22. The molecule has 0 saturated heterocycles. The van der Waals surface area contributed by atoms with Gasteiger partial charge < -0.3 is 15.6 Å². The van der Waals surface area contributed by atoms with Crippen molar-refractivity contribution < 1.29 is 9.84 Å². The second-order valence-electron chi connectivity index (χ2n) is 6.06. The van der Waals surface area contributed by atoms with Crippen molar-refractivity contribution in [1.29, 1.82) is 0 Å². The van der Waals surface area contributed by atoms with Gasteiger partial charge in [0.25, 0.3) is 0 Å². The predicted octanol–water partition coefficient (Wildman–Crippen LogP) is 3.46. The summed E-state index contributed by atoms with van der Waals surface area (Å²) in [6.07, 6.45) is 5.67. The molecule has 0 bridgehead atoms. The van der Waals surface area contributed by atoms with Crippen molar-refractivity contribution in [2.75, 3.05) is 26.1 Å². The molecule has 0 amide bonds. The highest BCUT2D eigenvalue weighted by Gasteiger charge is 2.12. The molecule has 0 saturated carbocycles. The molecule has 0 fully saturated rings. The Bertz CT molecular complexity index is 878. The fraction of sp³-hybridized carbons (Fsp3) is 0.421. The van der Waals surface area contributed by atoms with Gasteiger partial charge in [-0.2, -0.15) is 5.10 Å². The third-order valence-electron chi connectivity index (χ3n) is 3.97. The van der Waals surface area contributed by atoms with E-state index in [9.17, 15) is 0 Å². The number of ether oxygens (including phenoxy) is 1. The Morgan fingerprint density at radius 2 is 2.04 bits per heavy atom. The third kappa shape index (κ3) is 5.38. The summed E-state index contributed by atoms with van der Waals surface area (Å²) in [5, 5.41) is 14.9. The van der Waals surface area contributed by atoms with Crippen molar-refractivity contribution in [2.45, 2.75) is 33.2 Å². The van der Waals surface area contributed by atoms with Crippen LogP contribution >= 0.6 is 11.6 Å². The summed E-state index contributed by atoms with van der Waals surface area (Å²) in [5.74, 6) is 0.405. The number of halogens is 1. The summed E-state index contributed by atoms with van der Waals surface area (Å²) in [5.41, 5.74) is 8.95. The molecule has 0 aliphatic carbocycles. The molecule has 0 spiro atoms. The molecule has 3 rings (SSSR count). The quantitative estimate of drug-likeness (QED) is 0.624. The first-order chi connectivity index (χ1) is 13.0. The Balaban J connectivity index is 0.000000380. The van der Waals surface area contributed by atoms with Gasteiger partial charge in [-0.15, -0.1) is 0 Å². The molecule has 3 aromatic rings. The number of pyridine rings is 2. The number of aliphatic hydroxyl groups is 1. The van der Waals surface area contributed by atoms with E-state index in [1.807, 2.05) is 13.0 Å². The maximum Gasteiger partial charge on any atom is 0.158 e. The maximum absolute atomic E-state index is 9.06. The Morgan fingerprint density at radius 3 is 2.67 bits per heavy atom. The number of nitrogen functional groups attached to an aromatic ring is 1. The molecule has 0 unspecified atom stereocenters. The number of aliphatic hydroxyl groups excluding tert-OH is 1. The van der Waals surface area contributed by atoms with E-state index in [0.29, 0.717) is 17.4 Å². The van der Waals surface area contributed by atoms with Gasteiger partial charge in [0, 0.05) is 42.6 Å². The summed E-state index contributed by atoms with van der Waals surface area (Å²) in [6.45, 7) is 5.41. The van der Waals surface area contributed by atoms with Crippen LogP contribution in [0, 0.1) is 6.92 Å². The zero-order chi connectivity index (χ0) is 19.8. The standard InChI is InChI=1S/C14H14ClN5O.C5H12O/c1-8-10-4-9(11-5-13(16)17-7-12(11)15)6-18-14(10)20(19-8)2-3-21;1-3-4-5-6-2/h4-7,21H,2-3H2,1H3,(H2,16,17);3-5H2,1-2H3. The number of aromatic nitrogens is 4. The lowest BCUT2D eigenvalue weighted by Gasteiger charge is -2.06. The number of nitrogens with two attached hydrogens (primary N) is 1. The van der Waals surface area contributed by atoms with Crippen LogP contribution in [0.15, 0.2) is 24.5 Å². The van der Waals surface area contributed by atoms with Gasteiger partial charge in [-0.25, -0.2) is 14.6 Å². The minimum absolute atomic E-state index is 0.0202. The molecule has 3 N–H and O–H groups in total. The van der Waals surface area contributed by atoms with E-state index >= 15 is 0 Å². The van der Waals surface area contributed by atoms with Crippen molar-refractivity contribution >= 4 is 28.5 Å². The Labute approximate surface area is 164 Å². The molecule has 0 atom stereocenters. The second kappa shape index (κ2) is 10.2. The van der Waals surface area contributed by atoms with Crippen LogP contribution in [0.5, 0.6) is 0 Å². The summed E-state index contributed by atoms with van der Waals surface area (Å²) >= 11 is 6.18. The highest BCUT2D eigenvalue weighted by atomic mass is 35.5. The van der Waals surface area contributed by atoms with Gasteiger partial charge in [-0.1, -0.05) is 24.9 Å². The first-order valence-electron chi connectivity index (χ1n) is 8.86. The molecular weight excluding hydrogens is 366 g/mol. The average Bonchev–Trinajstić information content (AvgIpc) is 2.98. The van der Waals surface area contributed by atoms with E-state index in [2.05, 4.69) is 22.0 Å². The SMILES string of the molecule is CCCCOC.Cc1nn(CCO)c2ncc(-c3cc(N)ncc3Cl)cc12.